The zero-order chi connectivity index (χ0) is 18.5. The summed E-state index contributed by atoms with van der Waals surface area (Å²) in [4.78, 5) is 16.6. The lowest BCUT2D eigenvalue weighted by molar-refractivity contribution is -0.902. The second-order valence-electron chi connectivity index (χ2n) is 6.76. The van der Waals surface area contributed by atoms with Crippen molar-refractivity contribution in [1.29, 1.82) is 0 Å². The highest BCUT2D eigenvalue weighted by Gasteiger charge is 2.27. The molecular formula is C20H29N4O2+. The maximum Gasteiger partial charge on any atom is 0.257 e. The molecule has 0 saturated carbocycles. The molecule has 0 atom stereocenters. The van der Waals surface area contributed by atoms with Crippen LogP contribution in [0.2, 0.25) is 0 Å². The van der Waals surface area contributed by atoms with Crippen molar-refractivity contribution in [2.75, 3.05) is 39.8 Å². The van der Waals surface area contributed by atoms with Crippen molar-refractivity contribution in [3.05, 3.63) is 41.7 Å². The smallest absolute Gasteiger partial charge is 0.257 e. The minimum absolute atomic E-state index is 0.114. The Morgan fingerprint density at radius 3 is 2.46 bits per heavy atom. The summed E-state index contributed by atoms with van der Waals surface area (Å²) in [5, 5.41) is 4.53. The lowest BCUT2D eigenvalue weighted by Crippen LogP contribution is -3.14. The van der Waals surface area contributed by atoms with Crippen molar-refractivity contribution in [2.45, 2.75) is 26.7 Å². The SMILES string of the molecule is CCCc1c(C(=O)N2CC[NH+](CC)CC2)cnn1-c1ccc(OC)cc1. The molecule has 2 aromatic rings. The number of carbonyl (C=O) groups excluding carboxylic acids is 1. The monoisotopic (exact) mass is 357 g/mol. The molecule has 3 rings (SSSR count). The molecule has 2 heterocycles. The number of quaternary nitrogens is 1. The molecule has 1 saturated heterocycles. The van der Waals surface area contributed by atoms with Crippen LogP contribution in [0.3, 0.4) is 0 Å². The van der Waals surface area contributed by atoms with Gasteiger partial charge in [0.25, 0.3) is 5.91 Å². The van der Waals surface area contributed by atoms with Gasteiger partial charge in [0.2, 0.25) is 0 Å². The van der Waals surface area contributed by atoms with Crippen LogP contribution in [0.4, 0.5) is 0 Å². The number of hydrogen-bond donors (Lipinski definition) is 1. The van der Waals surface area contributed by atoms with Crippen molar-refractivity contribution in [3.8, 4) is 11.4 Å². The predicted octanol–water partition coefficient (Wildman–Crippen LogP) is 1.19. The molecule has 26 heavy (non-hydrogen) atoms. The second kappa shape index (κ2) is 8.36. The molecule has 1 aromatic carbocycles. The van der Waals surface area contributed by atoms with Gasteiger partial charge in [0.05, 0.1) is 63.0 Å². The Labute approximate surface area is 155 Å². The molecule has 6 heteroatoms. The summed E-state index contributed by atoms with van der Waals surface area (Å²) < 4.78 is 7.12. The van der Waals surface area contributed by atoms with Crippen LogP contribution in [0.25, 0.3) is 5.69 Å². The quantitative estimate of drug-likeness (QED) is 0.845. The summed E-state index contributed by atoms with van der Waals surface area (Å²) in [6.45, 7) is 9.14. The zero-order valence-corrected chi connectivity index (χ0v) is 16.0. The van der Waals surface area contributed by atoms with E-state index in [0.29, 0.717) is 0 Å². The lowest BCUT2D eigenvalue weighted by Gasteiger charge is -2.31. The van der Waals surface area contributed by atoms with Crippen LogP contribution in [0.5, 0.6) is 5.75 Å². The fourth-order valence-electron chi connectivity index (χ4n) is 3.53. The van der Waals surface area contributed by atoms with Gasteiger partial charge >= 0.3 is 0 Å². The molecule has 140 valence electrons. The number of amides is 1. The number of piperazine rings is 1. The van der Waals surface area contributed by atoms with Crippen molar-refractivity contribution >= 4 is 5.91 Å². The van der Waals surface area contributed by atoms with Gasteiger partial charge in [-0.15, -0.1) is 0 Å². The first-order valence-corrected chi connectivity index (χ1v) is 9.52. The van der Waals surface area contributed by atoms with Gasteiger partial charge in [-0.1, -0.05) is 13.3 Å². The number of rotatable bonds is 6. The van der Waals surface area contributed by atoms with Gasteiger partial charge in [0.15, 0.2) is 0 Å². The second-order valence-corrected chi connectivity index (χ2v) is 6.76. The van der Waals surface area contributed by atoms with E-state index in [4.69, 9.17) is 4.74 Å². The number of nitrogens with one attached hydrogen (secondary N) is 1. The van der Waals surface area contributed by atoms with E-state index in [1.165, 1.54) is 0 Å². The maximum absolute atomic E-state index is 13.1. The third-order valence-corrected chi connectivity index (χ3v) is 5.16. The van der Waals surface area contributed by atoms with E-state index in [9.17, 15) is 4.79 Å². The summed E-state index contributed by atoms with van der Waals surface area (Å²) in [6.07, 6.45) is 3.53. The highest BCUT2D eigenvalue weighted by molar-refractivity contribution is 5.95. The molecule has 0 bridgehead atoms. The van der Waals surface area contributed by atoms with Crippen molar-refractivity contribution in [1.82, 2.24) is 14.7 Å². The fourth-order valence-corrected chi connectivity index (χ4v) is 3.53. The van der Waals surface area contributed by atoms with Gasteiger partial charge in [-0.2, -0.15) is 5.10 Å². The number of hydrogen-bond acceptors (Lipinski definition) is 3. The lowest BCUT2D eigenvalue weighted by atomic mass is 10.1. The number of ether oxygens (including phenoxy) is 1. The fraction of sp³-hybridized carbons (Fsp3) is 0.500. The number of methoxy groups -OCH3 is 1. The largest absolute Gasteiger partial charge is 0.497 e. The average molecular weight is 357 g/mol. The molecule has 0 radical (unpaired) electrons. The summed E-state index contributed by atoms with van der Waals surface area (Å²) in [7, 11) is 1.65. The van der Waals surface area contributed by atoms with Gasteiger partial charge in [0.1, 0.15) is 5.75 Å². The minimum atomic E-state index is 0.114. The maximum atomic E-state index is 13.1. The summed E-state index contributed by atoms with van der Waals surface area (Å²) in [5.74, 6) is 0.925. The zero-order valence-electron chi connectivity index (χ0n) is 16.0. The van der Waals surface area contributed by atoms with Crippen molar-refractivity contribution in [2.24, 2.45) is 0 Å². The first kappa shape index (κ1) is 18.5. The Balaban J connectivity index is 1.85. The third-order valence-electron chi connectivity index (χ3n) is 5.16. The molecule has 1 aliphatic rings. The van der Waals surface area contributed by atoms with E-state index in [2.05, 4.69) is 18.9 Å². The van der Waals surface area contributed by atoms with E-state index in [0.717, 1.165) is 68.3 Å². The average Bonchev–Trinajstić information content (AvgIpc) is 3.11. The summed E-state index contributed by atoms with van der Waals surface area (Å²) >= 11 is 0. The van der Waals surface area contributed by atoms with Crippen LogP contribution in [0.1, 0.15) is 36.3 Å². The molecule has 6 nitrogen and oxygen atoms in total. The van der Waals surface area contributed by atoms with Gasteiger partial charge in [-0.3, -0.25) is 4.79 Å². The molecule has 1 aliphatic heterocycles. The van der Waals surface area contributed by atoms with Crippen LogP contribution in [-0.4, -0.2) is 60.4 Å². The van der Waals surface area contributed by atoms with E-state index >= 15 is 0 Å². The van der Waals surface area contributed by atoms with Gasteiger partial charge in [-0.05, 0) is 37.6 Å². The Morgan fingerprint density at radius 2 is 1.88 bits per heavy atom. The van der Waals surface area contributed by atoms with Crippen LogP contribution >= 0.6 is 0 Å². The minimum Gasteiger partial charge on any atom is -0.497 e. The number of nitrogens with zero attached hydrogens (tertiary/aromatic N) is 3. The van der Waals surface area contributed by atoms with Crippen molar-refractivity contribution in [3.63, 3.8) is 0 Å². The highest BCUT2D eigenvalue weighted by atomic mass is 16.5. The number of aromatic nitrogens is 2. The first-order chi connectivity index (χ1) is 12.7. The molecule has 1 aromatic heterocycles. The Bertz CT molecular complexity index is 731. The molecule has 0 spiro atoms. The molecule has 1 amide bonds. The van der Waals surface area contributed by atoms with E-state index < -0.39 is 0 Å². The topological polar surface area (TPSA) is 51.8 Å². The molecule has 0 aliphatic carbocycles. The predicted molar refractivity (Wildman–Crippen MR) is 101 cm³/mol. The van der Waals surface area contributed by atoms with E-state index in [1.54, 1.807) is 18.2 Å². The first-order valence-electron chi connectivity index (χ1n) is 9.52. The molecule has 1 N–H and O–H groups in total. The van der Waals surface area contributed by atoms with Gasteiger partial charge in [-0.25, -0.2) is 4.68 Å². The Morgan fingerprint density at radius 1 is 1.19 bits per heavy atom. The van der Waals surface area contributed by atoms with E-state index in [1.807, 2.05) is 33.8 Å². The Hall–Kier alpha value is -2.34. The van der Waals surface area contributed by atoms with Crippen LogP contribution in [-0.2, 0) is 6.42 Å². The summed E-state index contributed by atoms with van der Waals surface area (Å²) in [6, 6.07) is 7.78. The van der Waals surface area contributed by atoms with Crippen LogP contribution in [0, 0.1) is 0 Å². The van der Waals surface area contributed by atoms with Gasteiger partial charge < -0.3 is 14.5 Å². The normalized spacial score (nSPS) is 15.3. The number of carbonyl (C=O) groups is 1. The standard InChI is InChI=1S/C20H28N4O2/c1-4-6-19-18(20(25)23-13-11-22(5-2)12-14-23)15-21-24(19)16-7-9-17(26-3)10-8-16/h7-10,15H,4-6,11-14H2,1-3H3/p+1. The highest BCUT2D eigenvalue weighted by Crippen LogP contribution is 2.21. The van der Waals surface area contributed by atoms with Crippen LogP contribution < -0.4 is 9.64 Å². The van der Waals surface area contributed by atoms with Crippen LogP contribution in [0.15, 0.2) is 30.5 Å². The molecule has 0 unspecified atom stereocenters. The molecular weight excluding hydrogens is 328 g/mol. The Kier molecular flexibility index (Phi) is 5.93. The van der Waals surface area contributed by atoms with Gasteiger partial charge in [0, 0.05) is 0 Å². The van der Waals surface area contributed by atoms with Crippen molar-refractivity contribution < 1.29 is 14.4 Å². The third kappa shape index (κ3) is 3.75. The summed E-state index contributed by atoms with van der Waals surface area (Å²) in [5.41, 5.74) is 2.68. The number of benzene rings is 1. The number of likely N-dealkylation sites (N-methyl/N-ethyl adjacent to an activating group) is 1. The van der Waals surface area contributed by atoms with E-state index in [-0.39, 0.29) is 5.91 Å². The molecule has 1 fully saturated rings.